The summed E-state index contributed by atoms with van der Waals surface area (Å²) in [7, 11) is 3.28. The Labute approximate surface area is 233 Å². The fourth-order valence-electron chi connectivity index (χ4n) is 4.01. The van der Waals surface area contributed by atoms with E-state index in [9.17, 15) is 9.59 Å². The van der Waals surface area contributed by atoms with E-state index in [2.05, 4.69) is 4.98 Å². The third kappa shape index (κ3) is 6.87. The van der Waals surface area contributed by atoms with Crippen molar-refractivity contribution >= 4 is 59.4 Å². The van der Waals surface area contributed by atoms with Gasteiger partial charge in [-0.15, -0.1) is 24.8 Å². The molecule has 0 unspecified atom stereocenters. The molecule has 0 aliphatic heterocycles. The highest BCUT2D eigenvalue weighted by molar-refractivity contribution is 6.07. The molecule has 2 aromatic carbocycles. The molecule has 4 aromatic rings. The van der Waals surface area contributed by atoms with E-state index in [0.29, 0.717) is 23.4 Å². The average Bonchev–Trinajstić information content (AvgIpc) is 3.22. The second-order valence-corrected chi connectivity index (χ2v) is 8.37. The Balaban J connectivity index is 0.00000253. The first-order chi connectivity index (χ1) is 17.4. The number of hydrogen-bond donors (Lipinski definition) is 2. The molecule has 0 atom stereocenters. The fourth-order valence-corrected chi connectivity index (χ4v) is 4.01. The van der Waals surface area contributed by atoms with Crippen molar-refractivity contribution < 1.29 is 14.3 Å². The van der Waals surface area contributed by atoms with E-state index in [0.717, 1.165) is 28.8 Å². The van der Waals surface area contributed by atoms with Crippen LogP contribution in [0, 0.1) is 5.41 Å². The molecule has 11 heteroatoms. The summed E-state index contributed by atoms with van der Waals surface area (Å²) in [4.78, 5) is 35.7. The van der Waals surface area contributed by atoms with Gasteiger partial charge in [-0.1, -0.05) is 30.3 Å². The Bertz CT molecular complexity index is 1410. The normalized spacial score (nSPS) is 10.3. The molecule has 0 saturated heterocycles. The minimum absolute atomic E-state index is 0. The van der Waals surface area contributed by atoms with Gasteiger partial charge in [0, 0.05) is 37.3 Å². The summed E-state index contributed by atoms with van der Waals surface area (Å²) < 4.78 is 6.77. The van der Waals surface area contributed by atoms with Gasteiger partial charge in [0.25, 0.3) is 5.91 Å². The lowest BCUT2D eigenvalue weighted by molar-refractivity contribution is -0.140. The molecule has 0 aliphatic carbocycles. The number of nitrogens with two attached hydrogens (primary N) is 1. The van der Waals surface area contributed by atoms with Gasteiger partial charge in [0.15, 0.2) is 0 Å². The molecule has 0 bridgehead atoms. The SMILES string of the molecule is COC(=O)CCN(C(=O)c1ccc2c(c1)nc(CCc1ccc(C(=N)N)cc1)n2C)c1ccccn1.Cl.Cl. The quantitative estimate of drug-likeness (QED) is 0.181. The van der Waals surface area contributed by atoms with Gasteiger partial charge in [0.2, 0.25) is 0 Å². The minimum Gasteiger partial charge on any atom is -0.469 e. The largest absolute Gasteiger partial charge is 0.469 e. The van der Waals surface area contributed by atoms with E-state index in [4.69, 9.17) is 20.9 Å². The molecule has 1 amide bonds. The number of ether oxygens (including phenoxy) is 1. The van der Waals surface area contributed by atoms with Gasteiger partial charge >= 0.3 is 5.97 Å². The van der Waals surface area contributed by atoms with Crippen molar-refractivity contribution in [3.63, 3.8) is 0 Å². The molecule has 2 aromatic heterocycles. The van der Waals surface area contributed by atoms with E-state index >= 15 is 0 Å². The zero-order chi connectivity index (χ0) is 25.7. The lowest BCUT2D eigenvalue weighted by Gasteiger charge is -2.21. The van der Waals surface area contributed by atoms with Crippen LogP contribution in [0.1, 0.15) is 33.7 Å². The lowest BCUT2D eigenvalue weighted by Crippen LogP contribution is -2.33. The fraction of sp³-hybridized carbons (Fsp3) is 0.222. The summed E-state index contributed by atoms with van der Waals surface area (Å²) in [5.41, 5.74) is 9.46. The maximum Gasteiger partial charge on any atom is 0.307 e. The summed E-state index contributed by atoms with van der Waals surface area (Å²) >= 11 is 0. The van der Waals surface area contributed by atoms with Crippen molar-refractivity contribution in [3.8, 4) is 0 Å². The second kappa shape index (κ2) is 13.6. The van der Waals surface area contributed by atoms with Crippen LogP contribution in [0.2, 0.25) is 0 Å². The first-order valence-corrected chi connectivity index (χ1v) is 11.6. The number of halogens is 2. The predicted molar refractivity (Wildman–Crippen MR) is 153 cm³/mol. The molecule has 0 radical (unpaired) electrons. The molecule has 38 heavy (non-hydrogen) atoms. The maximum absolute atomic E-state index is 13.4. The number of nitrogen functional groups attached to an aromatic ring is 1. The maximum atomic E-state index is 13.4. The van der Waals surface area contributed by atoms with Crippen molar-refractivity contribution in [2.45, 2.75) is 19.3 Å². The number of rotatable bonds is 9. The van der Waals surface area contributed by atoms with Gasteiger partial charge in [0.1, 0.15) is 17.5 Å². The number of esters is 1. The number of benzene rings is 2. The molecular formula is C27H30Cl2N6O3. The number of aromatic nitrogens is 3. The number of hydrogen-bond acceptors (Lipinski definition) is 6. The monoisotopic (exact) mass is 556 g/mol. The smallest absolute Gasteiger partial charge is 0.307 e. The molecule has 0 fully saturated rings. The van der Waals surface area contributed by atoms with Gasteiger partial charge in [-0.3, -0.25) is 19.9 Å². The number of pyridine rings is 1. The van der Waals surface area contributed by atoms with Crippen LogP contribution in [0.15, 0.2) is 66.9 Å². The van der Waals surface area contributed by atoms with Crippen LogP contribution in [0.5, 0.6) is 0 Å². The van der Waals surface area contributed by atoms with Gasteiger partial charge < -0.3 is 15.0 Å². The molecule has 0 saturated carbocycles. The number of imidazole rings is 1. The predicted octanol–water partition coefficient (Wildman–Crippen LogP) is 4.09. The summed E-state index contributed by atoms with van der Waals surface area (Å²) in [5.74, 6) is 0.748. The third-order valence-electron chi connectivity index (χ3n) is 6.06. The van der Waals surface area contributed by atoms with Crippen molar-refractivity contribution in [1.82, 2.24) is 14.5 Å². The molecule has 4 rings (SSSR count). The topological polar surface area (TPSA) is 127 Å². The summed E-state index contributed by atoms with van der Waals surface area (Å²) in [6, 6.07) is 18.4. The number of carbonyl (C=O) groups is 2. The number of amidine groups is 1. The molecule has 2 heterocycles. The number of fused-ring (bicyclic) bond motifs is 1. The van der Waals surface area contributed by atoms with E-state index in [1.54, 1.807) is 36.5 Å². The summed E-state index contributed by atoms with van der Waals surface area (Å²) in [6.07, 6.45) is 3.16. The van der Waals surface area contributed by atoms with Gasteiger partial charge in [0.05, 0.1) is 24.6 Å². The Morgan fingerprint density at radius 1 is 1.03 bits per heavy atom. The van der Waals surface area contributed by atoms with Gasteiger partial charge in [-0.25, -0.2) is 9.97 Å². The number of anilines is 1. The van der Waals surface area contributed by atoms with Crippen molar-refractivity contribution in [2.75, 3.05) is 18.6 Å². The van der Waals surface area contributed by atoms with Crippen LogP contribution in [0.3, 0.4) is 0 Å². The lowest BCUT2D eigenvalue weighted by atomic mass is 10.1. The molecule has 3 N–H and O–H groups in total. The second-order valence-electron chi connectivity index (χ2n) is 8.37. The minimum atomic E-state index is -0.399. The highest BCUT2D eigenvalue weighted by Gasteiger charge is 2.21. The summed E-state index contributed by atoms with van der Waals surface area (Å²) in [6.45, 7) is 0.149. The number of aryl methyl sites for hydroxylation is 3. The van der Waals surface area contributed by atoms with Crippen molar-refractivity contribution in [3.05, 3.63) is 89.4 Å². The zero-order valence-corrected chi connectivity index (χ0v) is 22.7. The standard InChI is InChI=1S/C27H28N6O3.2ClH/c1-32-22-12-11-20(27(35)33(16-14-25(34)36-2)23-5-3-4-15-30-23)17-21(22)31-24(32)13-8-18-6-9-19(10-7-18)26(28)29;;/h3-7,9-12,15,17H,8,13-14,16H2,1-2H3,(H3,28,29);2*1H. The third-order valence-corrected chi connectivity index (χ3v) is 6.06. The number of carbonyl (C=O) groups excluding carboxylic acids is 2. The Morgan fingerprint density at radius 2 is 1.74 bits per heavy atom. The first-order valence-electron chi connectivity index (χ1n) is 11.6. The Kier molecular flexibility index (Phi) is 10.8. The number of nitrogens with one attached hydrogen (secondary N) is 1. The molecular weight excluding hydrogens is 527 g/mol. The van der Waals surface area contributed by atoms with E-state index in [1.807, 2.05) is 41.9 Å². The van der Waals surface area contributed by atoms with Crippen LogP contribution in [-0.2, 0) is 29.4 Å². The van der Waals surface area contributed by atoms with E-state index < -0.39 is 5.97 Å². The Hall–Kier alpha value is -3.95. The first kappa shape index (κ1) is 30.3. The number of amides is 1. The van der Waals surface area contributed by atoms with Crippen LogP contribution in [0.4, 0.5) is 5.82 Å². The molecule has 0 aliphatic rings. The zero-order valence-electron chi connectivity index (χ0n) is 21.1. The number of methoxy groups -OCH3 is 1. The van der Waals surface area contributed by atoms with Crippen molar-refractivity contribution in [1.29, 1.82) is 5.41 Å². The van der Waals surface area contributed by atoms with Crippen LogP contribution in [0.25, 0.3) is 11.0 Å². The summed E-state index contributed by atoms with van der Waals surface area (Å²) in [5, 5.41) is 7.52. The van der Waals surface area contributed by atoms with E-state index in [-0.39, 0.29) is 49.5 Å². The average molecular weight is 557 g/mol. The Morgan fingerprint density at radius 3 is 2.37 bits per heavy atom. The number of nitrogens with zero attached hydrogens (tertiary/aromatic N) is 4. The molecule has 0 spiro atoms. The molecule has 9 nitrogen and oxygen atoms in total. The highest BCUT2D eigenvalue weighted by Crippen LogP contribution is 2.21. The van der Waals surface area contributed by atoms with Crippen LogP contribution >= 0.6 is 24.8 Å². The molecule has 200 valence electrons. The van der Waals surface area contributed by atoms with Crippen molar-refractivity contribution in [2.24, 2.45) is 12.8 Å². The van der Waals surface area contributed by atoms with Gasteiger partial charge in [-0.2, -0.15) is 0 Å². The van der Waals surface area contributed by atoms with E-state index in [1.165, 1.54) is 12.0 Å². The van der Waals surface area contributed by atoms with Gasteiger partial charge in [-0.05, 0) is 42.3 Å². The van der Waals surface area contributed by atoms with Crippen LogP contribution in [-0.4, -0.2) is 45.9 Å². The highest BCUT2D eigenvalue weighted by atomic mass is 35.5. The van der Waals surface area contributed by atoms with Crippen LogP contribution < -0.4 is 10.6 Å².